The maximum Gasteiger partial charge on any atom is 0.104 e. The number of hydrogen-bond donors (Lipinski definition) is 1. The summed E-state index contributed by atoms with van der Waals surface area (Å²) in [6.07, 6.45) is 1.02. The van der Waals surface area contributed by atoms with E-state index in [1.165, 1.54) is 17.1 Å². The highest BCUT2D eigenvalue weighted by Crippen LogP contribution is 2.43. The molecule has 2 heterocycles. The lowest BCUT2D eigenvalue weighted by Gasteiger charge is -2.47. The number of amidine groups is 1. The van der Waals surface area contributed by atoms with E-state index in [2.05, 4.69) is 58.7 Å². The summed E-state index contributed by atoms with van der Waals surface area (Å²) in [4.78, 5) is 7.63. The van der Waals surface area contributed by atoms with Crippen molar-refractivity contribution in [2.45, 2.75) is 60.9 Å². The van der Waals surface area contributed by atoms with Crippen LogP contribution in [0.1, 0.15) is 54.9 Å². The molecule has 2 aliphatic heterocycles. The van der Waals surface area contributed by atoms with Crippen molar-refractivity contribution < 1.29 is 0 Å². The van der Waals surface area contributed by atoms with Gasteiger partial charge in [0, 0.05) is 31.8 Å². The standard InChI is InChI=1S/C17H31N3/c1-8-13-19-15(17(5,6)7)14(16(2,3)4)12-11-18-9-10-20(12)13/h15,18H,8-11H2,1-7H3. The molecule has 1 N–H and O–H groups in total. The number of nitrogens with zero attached hydrogens (tertiary/aromatic N) is 2. The third kappa shape index (κ3) is 2.78. The second kappa shape index (κ2) is 5.18. The molecule has 2 aliphatic rings. The van der Waals surface area contributed by atoms with Crippen LogP contribution >= 0.6 is 0 Å². The molecule has 0 radical (unpaired) electrons. The monoisotopic (exact) mass is 277 g/mol. The van der Waals surface area contributed by atoms with E-state index in [9.17, 15) is 0 Å². The van der Waals surface area contributed by atoms with Crippen molar-refractivity contribution >= 4 is 5.84 Å². The van der Waals surface area contributed by atoms with Crippen molar-refractivity contribution in [3.05, 3.63) is 11.3 Å². The first-order valence-electron chi connectivity index (χ1n) is 7.94. The normalized spacial score (nSPS) is 24.6. The molecule has 0 aromatic heterocycles. The largest absolute Gasteiger partial charge is 0.331 e. The fraction of sp³-hybridized carbons (Fsp3) is 0.824. The van der Waals surface area contributed by atoms with Crippen LogP contribution in [0.25, 0.3) is 0 Å². The lowest BCUT2D eigenvalue weighted by Crippen LogP contribution is -2.51. The van der Waals surface area contributed by atoms with Crippen molar-refractivity contribution in [1.29, 1.82) is 0 Å². The number of fused-ring (bicyclic) bond motifs is 1. The molecule has 0 amide bonds. The summed E-state index contributed by atoms with van der Waals surface area (Å²) in [5, 5.41) is 3.55. The minimum absolute atomic E-state index is 0.160. The number of rotatable bonds is 1. The molecular formula is C17H31N3. The summed E-state index contributed by atoms with van der Waals surface area (Å²) in [5.74, 6) is 1.27. The van der Waals surface area contributed by atoms with Crippen molar-refractivity contribution in [2.75, 3.05) is 19.6 Å². The smallest absolute Gasteiger partial charge is 0.104 e. The molecule has 1 atom stereocenters. The second-order valence-corrected chi connectivity index (χ2v) is 8.11. The first kappa shape index (κ1) is 15.6. The molecular weight excluding hydrogens is 246 g/mol. The maximum atomic E-state index is 5.16. The van der Waals surface area contributed by atoms with Crippen molar-refractivity contribution in [1.82, 2.24) is 10.2 Å². The minimum Gasteiger partial charge on any atom is -0.331 e. The molecule has 0 aromatic carbocycles. The Kier molecular flexibility index (Phi) is 4.03. The highest BCUT2D eigenvalue weighted by molar-refractivity contribution is 5.85. The van der Waals surface area contributed by atoms with Crippen molar-refractivity contribution in [3.8, 4) is 0 Å². The molecule has 1 fully saturated rings. The number of hydrogen-bond acceptors (Lipinski definition) is 3. The van der Waals surface area contributed by atoms with Gasteiger partial charge in [0.25, 0.3) is 0 Å². The van der Waals surface area contributed by atoms with Gasteiger partial charge in [0.2, 0.25) is 0 Å². The molecule has 3 heteroatoms. The highest BCUT2D eigenvalue weighted by Gasteiger charge is 2.41. The van der Waals surface area contributed by atoms with Crippen LogP contribution in [0.15, 0.2) is 16.3 Å². The second-order valence-electron chi connectivity index (χ2n) is 8.11. The number of piperazine rings is 1. The van der Waals surface area contributed by atoms with E-state index < -0.39 is 0 Å². The van der Waals surface area contributed by atoms with Crippen LogP contribution in [0, 0.1) is 10.8 Å². The average Bonchev–Trinajstić information content (AvgIpc) is 2.34. The predicted octanol–water partition coefficient (Wildman–Crippen LogP) is 3.43. The molecule has 1 unspecified atom stereocenters. The van der Waals surface area contributed by atoms with Crippen LogP contribution in [-0.4, -0.2) is 36.4 Å². The van der Waals surface area contributed by atoms with Crippen molar-refractivity contribution in [3.63, 3.8) is 0 Å². The van der Waals surface area contributed by atoms with Gasteiger partial charge < -0.3 is 10.2 Å². The Morgan fingerprint density at radius 1 is 1.20 bits per heavy atom. The Hall–Kier alpha value is -0.830. The molecule has 114 valence electrons. The van der Waals surface area contributed by atoms with E-state index >= 15 is 0 Å². The lowest BCUT2D eigenvalue weighted by molar-refractivity contribution is 0.276. The van der Waals surface area contributed by atoms with Crippen LogP contribution < -0.4 is 5.32 Å². The summed E-state index contributed by atoms with van der Waals surface area (Å²) in [6, 6.07) is 0.295. The molecule has 20 heavy (non-hydrogen) atoms. The molecule has 0 aromatic rings. The Labute approximate surface area is 124 Å². The number of nitrogens with one attached hydrogen (secondary N) is 1. The topological polar surface area (TPSA) is 27.6 Å². The van der Waals surface area contributed by atoms with E-state index in [1.807, 2.05) is 0 Å². The Morgan fingerprint density at radius 2 is 1.85 bits per heavy atom. The van der Waals surface area contributed by atoms with Gasteiger partial charge in [-0.3, -0.25) is 4.99 Å². The van der Waals surface area contributed by atoms with Crippen molar-refractivity contribution in [2.24, 2.45) is 15.8 Å². The van der Waals surface area contributed by atoms with Gasteiger partial charge in [-0.2, -0.15) is 0 Å². The zero-order valence-electron chi connectivity index (χ0n) is 14.3. The van der Waals surface area contributed by atoms with Gasteiger partial charge in [-0.1, -0.05) is 48.5 Å². The van der Waals surface area contributed by atoms with Gasteiger partial charge in [0.15, 0.2) is 0 Å². The number of aliphatic imine (C=N–C) groups is 1. The minimum atomic E-state index is 0.160. The van der Waals surface area contributed by atoms with Gasteiger partial charge in [0.05, 0.1) is 6.04 Å². The van der Waals surface area contributed by atoms with Crippen LogP contribution in [0.5, 0.6) is 0 Å². The zero-order valence-corrected chi connectivity index (χ0v) is 14.3. The zero-order chi connectivity index (χ0) is 15.1. The molecule has 0 aliphatic carbocycles. The van der Waals surface area contributed by atoms with Crippen LogP contribution in [0.3, 0.4) is 0 Å². The van der Waals surface area contributed by atoms with Crippen LogP contribution in [0.2, 0.25) is 0 Å². The SMILES string of the molecule is CCC1=NC(C(C)(C)C)C(C(C)(C)C)=C2CNCCN12. The Morgan fingerprint density at radius 3 is 2.35 bits per heavy atom. The molecule has 0 saturated carbocycles. The summed E-state index contributed by atoms with van der Waals surface area (Å²) in [5.41, 5.74) is 3.33. The van der Waals surface area contributed by atoms with Gasteiger partial charge in [-0.05, 0) is 16.4 Å². The highest BCUT2D eigenvalue weighted by atomic mass is 15.3. The Bertz CT molecular complexity index is 432. The van der Waals surface area contributed by atoms with Gasteiger partial charge in [0.1, 0.15) is 5.84 Å². The van der Waals surface area contributed by atoms with E-state index in [4.69, 9.17) is 4.99 Å². The van der Waals surface area contributed by atoms with E-state index in [-0.39, 0.29) is 10.8 Å². The first-order valence-corrected chi connectivity index (χ1v) is 7.94. The van der Waals surface area contributed by atoms with E-state index in [1.54, 1.807) is 0 Å². The summed E-state index contributed by atoms with van der Waals surface area (Å²) in [7, 11) is 0. The predicted molar refractivity (Wildman–Crippen MR) is 87.0 cm³/mol. The van der Waals surface area contributed by atoms with Crippen LogP contribution in [0.4, 0.5) is 0 Å². The quantitative estimate of drug-likeness (QED) is 0.795. The fourth-order valence-electron chi connectivity index (χ4n) is 3.35. The third-order valence-corrected chi connectivity index (χ3v) is 4.25. The van der Waals surface area contributed by atoms with E-state index in [0.717, 1.165) is 26.1 Å². The maximum absolute atomic E-state index is 5.16. The summed E-state index contributed by atoms with van der Waals surface area (Å²) >= 11 is 0. The molecule has 0 bridgehead atoms. The first-order chi connectivity index (χ1) is 9.16. The average molecular weight is 277 g/mol. The third-order valence-electron chi connectivity index (χ3n) is 4.25. The van der Waals surface area contributed by atoms with E-state index in [0.29, 0.717) is 6.04 Å². The molecule has 3 nitrogen and oxygen atoms in total. The molecule has 2 rings (SSSR count). The Balaban J connectivity index is 2.57. The molecule has 1 saturated heterocycles. The van der Waals surface area contributed by atoms with Gasteiger partial charge in [-0.15, -0.1) is 0 Å². The summed E-state index contributed by atoms with van der Waals surface area (Å²) in [6.45, 7) is 19.2. The fourth-order valence-corrected chi connectivity index (χ4v) is 3.35. The van der Waals surface area contributed by atoms with Crippen LogP contribution in [-0.2, 0) is 0 Å². The lowest BCUT2D eigenvalue weighted by atomic mass is 9.71. The van der Waals surface area contributed by atoms with Gasteiger partial charge in [-0.25, -0.2) is 0 Å². The summed E-state index contributed by atoms with van der Waals surface area (Å²) < 4.78 is 0. The van der Waals surface area contributed by atoms with Gasteiger partial charge >= 0.3 is 0 Å². The molecule has 0 spiro atoms.